The van der Waals surface area contributed by atoms with Crippen LogP contribution in [-0.2, 0) is 4.79 Å². The van der Waals surface area contributed by atoms with Gasteiger partial charge in [0.05, 0.1) is 12.8 Å². The quantitative estimate of drug-likeness (QED) is 0.591. The monoisotopic (exact) mass is 391 g/mol. The van der Waals surface area contributed by atoms with Crippen LogP contribution in [0.4, 0.5) is 23.0 Å². The number of anilines is 4. The molecule has 29 heavy (non-hydrogen) atoms. The molecule has 2 amide bonds. The Morgan fingerprint density at radius 2 is 1.62 bits per heavy atom. The van der Waals surface area contributed by atoms with Crippen molar-refractivity contribution in [2.24, 2.45) is 0 Å². The third-order valence-corrected chi connectivity index (χ3v) is 3.90. The van der Waals surface area contributed by atoms with Gasteiger partial charge in [-0.1, -0.05) is 12.1 Å². The lowest BCUT2D eigenvalue weighted by Gasteiger charge is -2.11. The van der Waals surface area contributed by atoms with Crippen LogP contribution in [0.15, 0.2) is 54.6 Å². The number of ether oxygens (including phenoxy) is 1. The van der Waals surface area contributed by atoms with E-state index < -0.39 is 0 Å². The molecule has 3 N–H and O–H groups in total. The zero-order valence-electron chi connectivity index (χ0n) is 16.3. The van der Waals surface area contributed by atoms with E-state index >= 15 is 0 Å². The van der Waals surface area contributed by atoms with Crippen LogP contribution in [0.25, 0.3) is 0 Å². The summed E-state index contributed by atoms with van der Waals surface area (Å²) in [6.07, 6.45) is 0. The van der Waals surface area contributed by atoms with Gasteiger partial charge in [0.1, 0.15) is 11.4 Å². The Bertz CT molecular complexity index is 1030. The molecule has 8 nitrogen and oxygen atoms in total. The minimum atomic E-state index is -0.371. The van der Waals surface area contributed by atoms with Crippen LogP contribution >= 0.6 is 0 Å². The van der Waals surface area contributed by atoms with Gasteiger partial charge in [-0.2, -0.15) is 0 Å². The summed E-state index contributed by atoms with van der Waals surface area (Å²) in [5.74, 6) is 0.342. The van der Waals surface area contributed by atoms with Crippen LogP contribution < -0.4 is 20.7 Å². The number of amides is 2. The van der Waals surface area contributed by atoms with Gasteiger partial charge in [-0.3, -0.25) is 9.59 Å². The summed E-state index contributed by atoms with van der Waals surface area (Å²) in [5.41, 5.74) is 2.83. The average Bonchev–Trinajstić information content (AvgIpc) is 2.69. The standard InChI is InChI=1S/C21H21N5O3/c1-13-12-18(20(28)25-17-6-4-5-7-19(17)29-3)26-21(22-13)24-16-10-8-15(9-11-16)23-14(2)27/h4-12H,1-3H3,(H,23,27)(H,25,28)(H,22,24,26). The smallest absolute Gasteiger partial charge is 0.274 e. The second kappa shape index (κ2) is 8.83. The van der Waals surface area contributed by atoms with Crippen LogP contribution in [0.1, 0.15) is 23.1 Å². The van der Waals surface area contributed by atoms with Crippen LogP contribution in [0.3, 0.4) is 0 Å². The zero-order chi connectivity index (χ0) is 20.8. The summed E-state index contributed by atoms with van der Waals surface area (Å²) in [6, 6.07) is 15.8. The molecule has 8 heteroatoms. The van der Waals surface area contributed by atoms with Gasteiger partial charge in [0.2, 0.25) is 11.9 Å². The molecule has 2 aromatic carbocycles. The van der Waals surface area contributed by atoms with Crippen molar-refractivity contribution >= 4 is 34.8 Å². The van der Waals surface area contributed by atoms with E-state index in [2.05, 4.69) is 25.9 Å². The number of nitrogens with one attached hydrogen (secondary N) is 3. The number of aromatic nitrogens is 2. The first kappa shape index (κ1) is 19.8. The molecular weight excluding hydrogens is 370 g/mol. The molecular formula is C21H21N5O3. The minimum absolute atomic E-state index is 0.140. The summed E-state index contributed by atoms with van der Waals surface area (Å²) < 4.78 is 5.26. The molecule has 3 rings (SSSR count). The second-order valence-corrected chi connectivity index (χ2v) is 6.26. The van der Waals surface area contributed by atoms with Gasteiger partial charge < -0.3 is 20.7 Å². The fraction of sp³-hybridized carbons (Fsp3) is 0.143. The van der Waals surface area contributed by atoms with E-state index in [0.717, 1.165) is 5.69 Å². The van der Waals surface area contributed by atoms with Crippen molar-refractivity contribution in [3.05, 3.63) is 66.0 Å². The third-order valence-electron chi connectivity index (χ3n) is 3.90. The Labute approximate surface area is 168 Å². The molecule has 0 atom stereocenters. The van der Waals surface area contributed by atoms with Gasteiger partial charge in [0.25, 0.3) is 5.91 Å². The van der Waals surface area contributed by atoms with Gasteiger partial charge in [0.15, 0.2) is 0 Å². The molecule has 0 aliphatic rings. The number of rotatable bonds is 6. The summed E-state index contributed by atoms with van der Waals surface area (Å²) in [4.78, 5) is 32.4. The summed E-state index contributed by atoms with van der Waals surface area (Å²) >= 11 is 0. The van der Waals surface area contributed by atoms with Crippen LogP contribution in [0.2, 0.25) is 0 Å². The Morgan fingerprint density at radius 3 is 2.31 bits per heavy atom. The lowest BCUT2D eigenvalue weighted by Crippen LogP contribution is -2.16. The number of carbonyl (C=O) groups excluding carboxylic acids is 2. The number of hydrogen-bond donors (Lipinski definition) is 3. The maximum absolute atomic E-state index is 12.7. The first-order chi connectivity index (χ1) is 13.9. The highest BCUT2D eigenvalue weighted by Crippen LogP contribution is 2.24. The Hall–Kier alpha value is -3.94. The van der Waals surface area contributed by atoms with Gasteiger partial charge in [0, 0.05) is 24.0 Å². The fourth-order valence-corrected chi connectivity index (χ4v) is 2.64. The molecule has 0 fully saturated rings. The van der Waals surface area contributed by atoms with Gasteiger partial charge >= 0.3 is 0 Å². The number of carbonyl (C=O) groups is 2. The predicted octanol–water partition coefficient (Wildman–Crippen LogP) is 3.75. The molecule has 0 saturated carbocycles. The van der Waals surface area contributed by atoms with Crippen molar-refractivity contribution in [2.45, 2.75) is 13.8 Å². The SMILES string of the molecule is COc1ccccc1NC(=O)c1cc(C)nc(Nc2ccc(NC(C)=O)cc2)n1. The van der Waals surface area contributed by atoms with E-state index in [1.54, 1.807) is 62.6 Å². The molecule has 0 spiro atoms. The van der Waals surface area contributed by atoms with Crippen molar-refractivity contribution in [3.63, 3.8) is 0 Å². The van der Waals surface area contributed by atoms with E-state index in [-0.39, 0.29) is 17.5 Å². The number of benzene rings is 2. The zero-order valence-corrected chi connectivity index (χ0v) is 16.3. The maximum atomic E-state index is 12.7. The topological polar surface area (TPSA) is 105 Å². The number of methoxy groups -OCH3 is 1. The molecule has 3 aromatic rings. The van der Waals surface area contributed by atoms with Crippen LogP contribution in [0, 0.1) is 6.92 Å². The average molecular weight is 391 g/mol. The highest BCUT2D eigenvalue weighted by molar-refractivity contribution is 6.04. The highest BCUT2D eigenvalue weighted by atomic mass is 16.5. The van der Waals surface area contributed by atoms with E-state index in [9.17, 15) is 9.59 Å². The predicted molar refractivity (Wildman–Crippen MR) is 112 cm³/mol. The van der Waals surface area contributed by atoms with Crippen LogP contribution in [0.5, 0.6) is 5.75 Å². The van der Waals surface area contributed by atoms with Gasteiger partial charge in [-0.15, -0.1) is 0 Å². The lowest BCUT2D eigenvalue weighted by atomic mass is 10.2. The minimum Gasteiger partial charge on any atom is -0.495 e. The first-order valence-electron chi connectivity index (χ1n) is 8.89. The Kier molecular flexibility index (Phi) is 6.03. The number of nitrogens with zero attached hydrogens (tertiary/aromatic N) is 2. The highest BCUT2D eigenvalue weighted by Gasteiger charge is 2.13. The summed E-state index contributed by atoms with van der Waals surface area (Å²) in [7, 11) is 1.54. The van der Waals surface area contributed by atoms with Crippen molar-refractivity contribution in [1.82, 2.24) is 9.97 Å². The van der Waals surface area contributed by atoms with Gasteiger partial charge in [-0.25, -0.2) is 9.97 Å². The third kappa shape index (κ3) is 5.29. The first-order valence-corrected chi connectivity index (χ1v) is 8.89. The largest absolute Gasteiger partial charge is 0.495 e. The normalized spacial score (nSPS) is 10.2. The van der Waals surface area contributed by atoms with Crippen molar-refractivity contribution in [2.75, 3.05) is 23.1 Å². The van der Waals surface area contributed by atoms with E-state index in [1.807, 2.05) is 6.07 Å². The Balaban J connectivity index is 1.77. The maximum Gasteiger partial charge on any atom is 0.274 e. The lowest BCUT2D eigenvalue weighted by molar-refractivity contribution is -0.114. The number of hydrogen-bond acceptors (Lipinski definition) is 6. The van der Waals surface area contributed by atoms with Crippen molar-refractivity contribution < 1.29 is 14.3 Å². The number of para-hydroxylation sites is 2. The molecule has 0 aliphatic carbocycles. The molecule has 0 saturated heterocycles. The summed E-state index contributed by atoms with van der Waals surface area (Å²) in [5, 5.41) is 8.57. The fourth-order valence-electron chi connectivity index (χ4n) is 2.64. The second-order valence-electron chi connectivity index (χ2n) is 6.26. The molecule has 148 valence electrons. The molecule has 0 unspecified atom stereocenters. The van der Waals surface area contributed by atoms with Crippen molar-refractivity contribution in [1.29, 1.82) is 0 Å². The number of aryl methyl sites for hydroxylation is 1. The molecule has 0 radical (unpaired) electrons. The van der Waals surface area contributed by atoms with Crippen molar-refractivity contribution in [3.8, 4) is 5.75 Å². The molecule has 0 aliphatic heterocycles. The molecule has 1 heterocycles. The molecule has 0 bridgehead atoms. The molecule has 1 aromatic heterocycles. The summed E-state index contributed by atoms with van der Waals surface area (Å²) in [6.45, 7) is 3.23. The van der Waals surface area contributed by atoms with E-state index in [1.165, 1.54) is 6.92 Å². The Morgan fingerprint density at radius 1 is 0.931 bits per heavy atom. The van der Waals surface area contributed by atoms with E-state index in [4.69, 9.17) is 4.74 Å². The van der Waals surface area contributed by atoms with E-state index in [0.29, 0.717) is 28.8 Å². The van der Waals surface area contributed by atoms with Gasteiger partial charge in [-0.05, 0) is 49.4 Å². The van der Waals surface area contributed by atoms with Crippen LogP contribution in [-0.4, -0.2) is 28.9 Å².